The molecule has 0 aliphatic heterocycles. The number of hydrogen-bond acceptors (Lipinski definition) is 2. The molecule has 0 amide bonds. The minimum Gasteiger partial charge on any atom is -0.367 e. The van der Waals surface area contributed by atoms with Crippen LogP contribution in [-0.2, 0) is 0 Å². The molecule has 0 atom stereocenters. The minimum absolute atomic E-state index is 0.0794. The second kappa shape index (κ2) is 6.55. The second-order valence-electron chi connectivity index (χ2n) is 4.79. The summed E-state index contributed by atoms with van der Waals surface area (Å²) in [5.74, 6) is 0.619. The van der Waals surface area contributed by atoms with E-state index < -0.39 is 0 Å². The van der Waals surface area contributed by atoms with Crippen LogP contribution in [0.4, 0.5) is 10.2 Å². The fourth-order valence-corrected chi connectivity index (χ4v) is 1.94. The van der Waals surface area contributed by atoms with Gasteiger partial charge in [-0.2, -0.15) is 0 Å². The number of anilines is 1. The van der Waals surface area contributed by atoms with Crippen LogP contribution in [0.2, 0.25) is 0 Å². The van der Waals surface area contributed by atoms with Gasteiger partial charge in [0.2, 0.25) is 0 Å². The van der Waals surface area contributed by atoms with E-state index in [1.807, 2.05) is 0 Å². The smallest absolute Gasteiger partial charge is 0.166 e. The lowest BCUT2D eigenvalue weighted by molar-refractivity contribution is 0.354. The summed E-state index contributed by atoms with van der Waals surface area (Å²) in [6.45, 7) is 4.93. The molecule has 1 aromatic heterocycles. The first-order valence-electron chi connectivity index (χ1n) is 5.55. The number of aromatic nitrogens is 1. The van der Waals surface area contributed by atoms with E-state index in [1.165, 1.54) is 6.07 Å². The third-order valence-electron chi connectivity index (χ3n) is 2.53. The predicted octanol–water partition coefficient (Wildman–Crippen LogP) is 4.44. The topological polar surface area (TPSA) is 24.9 Å². The minimum atomic E-state index is -0.340. The Labute approximate surface area is 115 Å². The molecule has 0 aliphatic rings. The van der Waals surface area contributed by atoms with E-state index in [4.69, 9.17) is 11.6 Å². The van der Waals surface area contributed by atoms with Crippen molar-refractivity contribution in [1.82, 2.24) is 4.98 Å². The van der Waals surface area contributed by atoms with Gasteiger partial charge in [0.25, 0.3) is 0 Å². The highest BCUT2D eigenvalue weighted by Gasteiger charge is 2.18. The van der Waals surface area contributed by atoms with Crippen molar-refractivity contribution in [2.45, 2.75) is 26.7 Å². The molecule has 1 aromatic rings. The normalized spacial score (nSPS) is 11.6. The van der Waals surface area contributed by atoms with Crippen LogP contribution < -0.4 is 5.32 Å². The molecule has 1 rings (SSSR count). The van der Waals surface area contributed by atoms with E-state index >= 15 is 0 Å². The van der Waals surface area contributed by atoms with Gasteiger partial charge >= 0.3 is 0 Å². The molecule has 0 fully saturated rings. The molecule has 1 heterocycles. The molecule has 2 nitrogen and oxygen atoms in total. The molecule has 0 spiro atoms. The number of halogens is 3. The van der Waals surface area contributed by atoms with Gasteiger partial charge in [-0.05, 0) is 40.3 Å². The first kappa shape index (κ1) is 14.7. The number of hydrogen-bond donors (Lipinski definition) is 1. The van der Waals surface area contributed by atoms with Crippen molar-refractivity contribution < 1.29 is 4.39 Å². The maximum atomic E-state index is 13.5. The zero-order valence-electron chi connectivity index (χ0n) is 10.1. The molecule has 0 saturated carbocycles. The van der Waals surface area contributed by atoms with E-state index in [0.717, 1.165) is 12.8 Å². The Balaban J connectivity index is 2.54. The first-order chi connectivity index (χ1) is 7.94. The summed E-state index contributed by atoms with van der Waals surface area (Å²) in [6, 6.07) is 1.40. The Bertz CT molecular complexity index is 372. The van der Waals surface area contributed by atoms with Gasteiger partial charge in [0, 0.05) is 23.1 Å². The molecule has 17 heavy (non-hydrogen) atoms. The summed E-state index contributed by atoms with van der Waals surface area (Å²) >= 11 is 8.85. The summed E-state index contributed by atoms with van der Waals surface area (Å²) in [4.78, 5) is 4.00. The average Bonchev–Trinajstić information content (AvgIpc) is 2.25. The summed E-state index contributed by atoms with van der Waals surface area (Å²) in [6.07, 6.45) is 3.55. The van der Waals surface area contributed by atoms with Gasteiger partial charge in [0.05, 0.1) is 0 Å². The van der Waals surface area contributed by atoms with E-state index in [1.54, 1.807) is 6.20 Å². The molecular formula is C12H17BrClFN2. The van der Waals surface area contributed by atoms with E-state index in [2.05, 4.69) is 40.1 Å². The maximum absolute atomic E-state index is 13.5. The van der Waals surface area contributed by atoms with Crippen LogP contribution in [-0.4, -0.2) is 17.4 Å². The van der Waals surface area contributed by atoms with Crippen LogP contribution in [0.3, 0.4) is 0 Å². The van der Waals surface area contributed by atoms with Crippen LogP contribution >= 0.6 is 27.5 Å². The van der Waals surface area contributed by atoms with Crippen LogP contribution in [0.25, 0.3) is 0 Å². The van der Waals surface area contributed by atoms with Crippen molar-refractivity contribution >= 4 is 33.3 Å². The molecule has 0 unspecified atom stereocenters. The van der Waals surface area contributed by atoms with Gasteiger partial charge < -0.3 is 5.32 Å². The molecule has 0 aromatic carbocycles. The molecule has 0 bridgehead atoms. The highest BCUT2D eigenvalue weighted by Crippen LogP contribution is 2.24. The zero-order chi connectivity index (χ0) is 12.9. The maximum Gasteiger partial charge on any atom is 0.166 e. The number of alkyl halides is 1. The summed E-state index contributed by atoms with van der Waals surface area (Å²) in [5, 5.41) is 3.04. The fraction of sp³-hybridized carbons (Fsp3) is 0.583. The molecular weight excluding hydrogens is 307 g/mol. The Morgan fingerprint density at radius 2 is 2.24 bits per heavy atom. The molecule has 0 radical (unpaired) electrons. The third kappa shape index (κ3) is 5.21. The first-order valence-corrected chi connectivity index (χ1v) is 6.88. The summed E-state index contributed by atoms with van der Waals surface area (Å²) in [7, 11) is 0. The van der Waals surface area contributed by atoms with Crippen LogP contribution in [0.1, 0.15) is 26.7 Å². The Morgan fingerprint density at radius 1 is 1.53 bits per heavy atom. The monoisotopic (exact) mass is 322 g/mol. The molecule has 5 heteroatoms. The van der Waals surface area contributed by atoms with Crippen molar-refractivity contribution in [3.8, 4) is 0 Å². The molecule has 96 valence electrons. The van der Waals surface area contributed by atoms with Crippen molar-refractivity contribution in [2.75, 3.05) is 17.7 Å². The van der Waals surface area contributed by atoms with Crippen molar-refractivity contribution in [3.05, 3.63) is 22.6 Å². The van der Waals surface area contributed by atoms with E-state index in [0.29, 0.717) is 22.7 Å². The van der Waals surface area contributed by atoms with Gasteiger partial charge in [-0.1, -0.05) is 13.8 Å². The van der Waals surface area contributed by atoms with Crippen LogP contribution in [0.15, 0.2) is 16.7 Å². The lowest BCUT2D eigenvalue weighted by Crippen LogP contribution is -2.24. The number of rotatable bonds is 6. The Hall–Kier alpha value is -0.350. The summed E-state index contributed by atoms with van der Waals surface area (Å²) in [5.41, 5.74) is 0.0794. The van der Waals surface area contributed by atoms with Crippen molar-refractivity contribution in [3.63, 3.8) is 0 Å². The van der Waals surface area contributed by atoms with E-state index in [9.17, 15) is 4.39 Å². The second-order valence-corrected chi connectivity index (χ2v) is 6.09. The molecule has 1 N–H and O–H groups in total. The third-order valence-corrected chi connectivity index (χ3v) is 3.23. The summed E-state index contributed by atoms with van der Waals surface area (Å²) < 4.78 is 14.1. The van der Waals surface area contributed by atoms with Gasteiger partial charge in [-0.3, -0.25) is 0 Å². The zero-order valence-corrected chi connectivity index (χ0v) is 12.4. The number of pyridine rings is 1. The average molecular weight is 324 g/mol. The van der Waals surface area contributed by atoms with Gasteiger partial charge in [0.15, 0.2) is 11.6 Å². The van der Waals surface area contributed by atoms with Crippen LogP contribution in [0, 0.1) is 11.2 Å². The Morgan fingerprint density at radius 3 is 2.82 bits per heavy atom. The van der Waals surface area contributed by atoms with Crippen LogP contribution in [0.5, 0.6) is 0 Å². The highest BCUT2D eigenvalue weighted by molar-refractivity contribution is 9.10. The SMILES string of the molecule is CC(C)(CCCCl)CNc1ncc(Br)cc1F. The lowest BCUT2D eigenvalue weighted by Gasteiger charge is -2.25. The van der Waals surface area contributed by atoms with E-state index in [-0.39, 0.29) is 11.2 Å². The number of nitrogens with one attached hydrogen (secondary N) is 1. The highest BCUT2D eigenvalue weighted by atomic mass is 79.9. The quantitative estimate of drug-likeness (QED) is 0.783. The van der Waals surface area contributed by atoms with Gasteiger partial charge in [-0.25, -0.2) is 9.37 Å². The van der Waals surface area contributed by atoms with Gasteiger partial charge in [0.1, 0.15) is 0 Å². The standard InChI is InChI=1S/C12H17BrClFN2/c1-12(2,4-3-5-14)8-17-11-10(15)6-9(13)7-16-11/h6-7H,3-5,8H2,1-2H3,(H,16,17). The van der Waals surface area contributed by atoms with Gasteiger partial charge in [-0.15, -0.1) is 11.6 Å². The lowest BCUT2D eigenvalue weighted by atomic mass is 9.88. The van der Waals surface area contributed by atoms with Crippen molar-refractivity contribution in [1.29, 1.82) is 0 Å². The molecule has 0 aliphatic carbocycles. The van der Waals surface area contributed by atoms with Crippen molar-refractivity contribution in [2.24, 2.45) is 5.41 Å². The number of nitrogens with zero attached hydrogens (tertiary/aromatic N) is 1. The Kier molecular flexibility index (Phi) is 5.67. The largest absolute Gasteiger partial charge is 0.367 e. The fourth-order valence-electron chi connectivity index (χ4n) is 1.50. The molecule has 0 saturated heterocycles. The predicted molar refractivity (Wildman–Crippen MR) is 74.1 cm³/mol.